The first-order chi connectivity index (χ1) is 12.4. The molecule has 1 aromatic carbocycles. The molecule has 0 saturated heterocycles. The highest BCUT2D eigenvalue weighted by atomic mass is 16.5. The highest BCUT2D eigenvalue weighted by Crippen LogP contribution is 2.17. The third-order valence-electron chi connectivity index (χ3n) is 3.68. The van der Waals surface area contributed by atoms with Crippen LogP contribution in [0.15, 0.2) is 30.3 Å². The Balaban J connectivity index is 2.10. The van der Waals surface area contributed by atoms with Crippen LogP contribution < -0.4 is 5.32 Å². The summed E-state index contributed by atoms with van der Waals surface area (Å²) in [6, 6.07) is 9.29. The zero-order valence-corrected chi connectivity index (χ0v) is 15.3. The zero-order chi connectivity index (χ0) is 19.0. The average Bonchev–Trinajstić information content (AvgIpc) is 3.07. The molecule has 0 spiro atoms. The van der Waals surface area contributed by atoms with Crippen LogP contribution in [-0.2, 0) is 22.7 Å². The topological polar surface area (TPSA) is 86.3 Å². The maximum absolute atomic E-state index is 12.4. The van der Waals surface area contributed by atoms with Gasteiger partial charge in [-0.25, -0.2) is 11.3 Å². The van der Waals surface area contributed by atoms with E-state index >= 15 is 0 Å². The Morgan fingerprint density at radius 3 is 2.73 bits per heavy atom. The van der Waals surface area contributed by atoms with E-state index in [9.17, 15) is 4.79 Å². The SMILES string of the molecule is [C-]#[N+]CCn1nnnc1[C@@H](COCc1ccccc1)NC(=O)C(C)(C)C. The Morgan fingerprint density at radius 2 is 2.08 bits per heavy atom. The van der Waals surface area contributed by atoms with E-state index in [1.165, 1.54) is 4.68 Å². The van der Waals surface area contributed by atoms with Gasteiger partial charge in [0.25, 0.3) is 0 Å². The highest BCUT2D eigenvalue weighted by Gasteiger charge is 2.28. The summed E-state index contributed by atoms with van der Waals surface area (Å²) in [6.45, 7) is 13.7. The third-order valence-corrected chi connectivity index (χ3v) is 3.68. The monoisotopic (exact) mass is 356 g/mol. The lowest BCUT2D eigenvalue weighted by Gasteiger charge is -2.23. The van der Waals surface area contributed by atoms with E-state index in [-0.39, 0.29) is 19.1 Å². The average molecular weight is 356 g/mol. The number of nitrogens with zero attached hydrogens (tertiary/aromatic N) is 5. The summed E-state index contributed by atoms with van der Waals surface area (Å²) in [4.78, 5) is 15.8. The van der Waals surface area contributed by atoms with Crippen LogP contribution in [0, 0.1) is 12.0 Å². The Morgan fingerprint density at radius 1 is 1.35 bits per heavy atom. The van der Waals surface area contributed by atoms with Gasteiger partial charge in [-0.2, -0.15) is 0 Å². The Bertz CT molecular complexity index is 745. The van der Waals surface area contributed by atoms with E-state index in [1.54, 1.807) is 0 Å². The smallest absolute Gasteiger partial charge is 0.234 e. The van der Waals surface area contributed by atoms with Crippen molar-refractivity contribution in [2.24, 2.45) is 5.41 Å². The van der Waals surface area contributed by atoms with Crippen LogP contribution in [0.25, 0.3) is 4.85 Å². The summed E-state index contributed by atoms with van der Waals surface area (Å²) in [5.41, 5.74) is 0.493. The summed E-state index contributed by atoms with van der Waals surface area (Å²) in [5, 5.41) is 14.6. The molecule has 1 heterocycles. The Labute approximate surface area is 153 Å². The quantitative estimate of drug-likeness (QED) is 0.731. The molecule has 0 bridgehead atoms. The number of amides is 1. The van der Waals surface area contributed by atoms with Crippen molar-refractivity contribution in [2.45, 2.75) is 40.0 Å². The van der Waals surface area contributed by atoms with Crippen LogP contribution in [0.4, 0.5) is 0 Å². The van der Waals surface area contributed by atoms with E-state index in [0.29, 0.717) is 19.0 Å². The summed E-state index contributed by atoms with van der Waals surface area (Å²) >= 11 is 0. The second-order valence-corrected chi connectivity index (χ2v) is 6.92. The lowest BCUT2D eigenvalue weighted by atomic mass is 9.95. The number of hydrogen-bond acceptors (Lipinski definition) is 5. The van der Waals surface area contributed by atoms with Gasteiger partial charge in [0.1, 0.15) is 12.6 Å². The van der Waals surface area contributed by atoms with Crippen molar-refractivity contribution in [1.29, 1.82) is 0 Å². The minimum absolute atomic E-state index is 0.120. The number of rotatable bonds is 8. The van der Waals surface area contributed by atoms with E-state index in [0.717, 1.165) is 5.56 Å². The number of nitrogens with one attached hydrogen (secondary N) is 1. The summed E-state index contributed by atoms with van der Waals surface area (Å²) in [5.74, 6) is 0.366. The molecule has 0 aliphatic heterocycles. The third kappa shape index (κ3) is 5.63. The second-order valence-electron chi connectivity index (χ2n) is 6.92. The van der Waals surface area contributed by atoms with Gasteiger partial charge < -0.3 is 14.9 Å². The molecule has 8 nitrogen and oxygen atoms in total. The van der Waals surface area contributed by atoms with Crippen molar-refractivity contribution in [1.82, 2.24) is 25.5 Å². The highest BCUT2D eigenvalue weighted by molar-refractivity contribution is 5.81. The van der Waals surface area contributed by atoms with Crippen LogP contribution in [0.2, 0.25) is 0 Å². The van der Waals surface area contributed by atoms with Crippen molar-refractivity contribution in [3.05, 3.63) is 53.1 Å². The maximum atomic E-state index is 12.4. The lowest BCUT2D eigenvalue weighted by Crippen LogP contribution is -2.40. The van der Waals surface area contributed by atoms with Crippen molar-refractivity contribution in [3.8, 4) is 0 Å². The normalized spacial score (nSPS) is 12.4. The number of aromatic nitrogens is 4. The molecule has 2 rings (SSSR count). The molecule has 0 aliphatic rings. The van der Waals surface area contributed by atoms with Gasteiger partial charge in [-0.3, -0.25) is 4.79 Å². The molecule has 8 heteroatoms. The van der Waals surface area contributed by atoms with E-state index < -0.39 is 11.5 Å². The van der Waals surface area contributed by atoms with Crippen molar-refractivity contribution in [2.75, 3.05) is 13.2 Å². The summed E-state index contributed by atoms with van der Waals surface area (Å²) in [6.07, 6.45) is 0. The van der Waals surface area contributed by atoms with Gasteiger partial charge in [-0.1, -0.05) is 51.1 Å². The largest absolute Gasteiger partial charge is 0.374 e. The van der Waals surface area contributed by atoms with E-state index in [4.69, 9.17) is 11.3 Å². The molecule has 1 N–H and O–H groups in total. The molecule has 0 radical (unpaired) electrons. The maximum Gasteiger partial charge on any atom is 0.234 e. The number of benzene rings is 1. The first kappa shape index (κ1) is 19.5. The number of tetrazole rings is 1. The fourth-order valence-corrected chi connectivity index (χ4v) is 2.19. The molecule has 138 valence electrons. The lowest BCUT2D eigenvalue weighted by molar-refractivity contribution is -0.130. The zero-order valence-electron chi connectivity index (χ0n) is 15.3. The van der Waals surface area contributed by atoms with Crippen LogP contribution in [0.1, 0.15) is 38.2 Å². The second kappa shape index (κ2) is 9.06. The van der Waals surface area contributed by atoms with Gasteiger partial charge >= 0.3 is 0 Å². The van der Waals surface area contributed by atoms with Crippen LogP contribution in [-0.4, -0.2) is 39.3 Å². The molecular weight excluding hydrogens is 332 g/mol. The number of hydrogen-bond donors (Lipinski definition) is 1. The van der Waals surface area contributed by atoms with Gasteiger partial charge in [-0.15, -0.1) is 5.10 Å². The van der Waals surface area contributed by atoms with Gasteiger partial charge in [0.2, 0.25) is 12.5 Å². The summed E-state index contributed by atoms with van der Waals surface area (Å²) in [7, 11) is 0. The van der Waals surface area contributed by atoms with Gasteiger partial charge in [-0.05, 0) is 16.0 Å². The van der Waals surface area contributed by atoms with E-state index in [2.05, 4.69) is 25.7 Å². The predicted octanol–water partition coefficient (Wildman–Crippen LogP) is 2.01. The molecule has 2 aromatic rings. The fraction of sp³-hybridized carbons (Fsp3) is 0.500. The molecule has 0 saturated carbocycles. The predicted molar refractivity (Wildman–Crippen MR) is 95.7 cm³/mol. The van der Waals surface area contributed by atoms with Crippen LogP contribution >= 0.6 is 0 Å². The Kier molecular flexibility index (Phi) is 6.81. The van der Waals surface area contributed by atoms with Gasteiger partial charge in [0.05, 0.1) is 13.2 Å². The molecule has 1 atom stereocenters. The Hall–Kier alpha value is -2.79. The first-order valence-corrected chi connectivity index (χ1v) is 8.43. The van der Waals surface area contributed by atoms with Crippen LogP contribution in [0.5, 0.6) is 0 Å². The molecule has 1 amide bonds. The molecule has 0 fully saturated rings. The van der Waals surface area contributed by atoms with Crippen molar-refractivity contribution in [3.63, 3.8) is 0 Å². The molecule has 26 heavy (non-hydrogen) atoms. The molecule has 1 aromatic heterocycles. The van der Waals surface area contributed by atoms with Gasteiger partial charge in [0, 0.05) is 5.41 Å². The standard InChI is InChI=1S/C18H24N6O2/c1-18(2,3)17(25)20-15(13-26-12-14-8-6-5-7-9-14)16-21-22-23-24(16)11-10-19-4/h5-9,15H,10-13H2,1-3H3,(H,20,25)/t15-/m1/s1. The minimum atomic E-state index is -0.549. The molecular formula is C18H24N6O2. The van der Waals surface area contributed by atoms with E-state index in [1.807, 2.05) is 51.1 Å². The molecule has 0 unspecified atom stereocenters. The number of carbonyl (C=O) groups excluding carboxylic acids is 1. The first-order valence-electron chi connectivity index (χ1n) is 8.43. The van der Waals surface area contributed by atoms with Crippen molar-refractivity contribution < 1.29 is 9.53 Å². The fourth-order valence-electron chi connectivity index (χ4n) is 2.19. The molecule has 0 aliphatic carbocycles. The van der Waals surface area contributed by atoms with Crippen molar-refractivity contribution >= 4 is 5.91 Å². The number of carbonyl (C=O) groups is 1. The van der Waals surface area contributed by atoms with Gasteiger partial charge in [0.15, 0.2) is 5.82 Å². The minimum Gasteiger partial charge on any atom is -0.374 e. The number of ether oxygens (including phenoxy) is 1. The van der Waals surface area contributed by atoms with Crippen LogP contribution in [0.3, 0.4) is 0 Å². The summed E-state index contributed by atoms with van der Waals surface area (Å²) < 4.78 is 7.33.